The van der Waals surface area contributed by atoms with Gasteiger partial charge < -0.3 is 5.11 Å². The van der Waals surface area contributed by atoms with Crippen LogP contribution in [0.2, 0.25) is 5.02 Å². The third-order valence-corrected chi connectivity index (χ3v) is 3.67. The van der Waals surface area contributed by atoms with E-state index in [4.69, 9.17) is 11.6 Å². The highest BCUT2D eigenvalue weighted by Gasteiger charge is 2.25. The van der Waals surface area contributed by atoms with Gasteiger partial charge in [-0.05, 0) is 43.5 Å². The van der Waals surface area contributed by atoms with Crippen molar-refractivity contribution in [2.45, 2.75) is 26.0 Å². The molecular weight excluding hydrogens is 241 g/mol. The largest absolute Gasteiger partial charge is 0.393 e. The minimum absolute atomic E-state index is 0.175. The van der Waals surface area contributed by atoms with Crippen LogP contribution in [0.3, 0.4) is 0 Å². The van der Waals surface area contributed by atoms with E-state index < -0.39 is 0 Å². The Bertz CT molecular complexity index is 397. The molecule has 0 amide bonds. The number of benzene rings is 1. The number of aliphatic hydroxyl groups is 1. The number of hydrogen-bond donors (Lipinski definition) is 1. The number of halogens is 2. The molecule has 1 N–H and O–H groups in total. The fourth-order valence-corrected chi connectivity index (χ4v) is 2.50. The first-order valence-corrected chi connectivity index (χ1v) is 6.28. The smallest absolute Gasteiger partial charge is 0.141 e. The Hall–Kier alpha value is -0.640. The highest BCUT2D eigenvalue weighted by Crippen LogP contribution is 2.23. The molecule has 1 aromatic rings. The Morgan fingerprint density at radius 2 is 2.35 bits per heavy atom. The van der Waals surface area contributed by atoms with E-state index in [2.05, 4.69) is 4.90 Å². The lowest BCUT2D eigenvalue weighted by Gasteiger charge is -2.17. The van der Waals surface area contributed by atoms with Gasteiger partial charge in [-0.25, -0.2) is 4.39 Å². The normalized spacial score (nSPS) is 22.9. The Labute approximate surface area is 106 Å². The predicted molar refractivity (Wildman–Crippen MR) is 66.5 cm³/mol. The molecule has 0 radical (unpaired) electrons. The molecule has 2 nitrogen and oxygen atoms in total. The molecule has 1 heterocycles. The van der Waals surface area contributed by atoms with Gasteiger partial charge in [-0.15, -0.1) is 0 Å². The van der Waals surface area contributed by atoms with Gasteiger partial charge in [0.05, 0.1) is 11.1 Å². The van der Waals surface area contributed by atoms with Gasteiger partial charge in [-0.3, -0.25) is 4.90 Å². The summed E-state index contributed by atoms with van der Waals surface area (Å²) in [5.41, 5.74) is 1.02. The minimum atomic E-state index is -0.376. The maximum absolute atomic E-state index is 13.0. The molecule has 2 atom stereocenters. The molecule has 0 bridgehead atoms. The van der Waals surface area contributed by atoms with Gasteiger partial charge in [0.25, 0.3) is 0 Å². The van der Waals surface area contributed by atoms with E-state index in [1.54, 1.807) is 12.1 Å². The molecule has 1 fully saturated rings. The molecule has 0 aliphatic carbocycles. The molecule has 17 heavy (non-hydrogen) atoms. The monoisotopic (exact) mass is 257 g/mol. The second-order valence-corrected chi connectivity index (χ2v) is 5.18. The molecule has 1 aliphatic heterocycles. The third kappa shape index (κ3) is 3.18. The average Bonchev–Trinajstić information content (AvgIpc) is 2.72. The summed E-state index contributed by atoms with van der Waals surface area (Å²) in [4.78, 5) is 2.26. The van der Waals surface area contributed by atoms with Crippen LogP contribution in [0.15, 0.2) is 18.2 Å². The lowest BCUT2D eigenvalue weighted by atomic mass is 10.0. The summed E-state index contributed by atoms with van der Waals surface area (Å²) in [6.45, 7) is 4.48. The zero-order valence-corrected chi connectivity index (χ0v) is 10.6. The van der Waals surface area contributed by atoms with Crippen LogP contribution in [0, 0.1) is 11.7 Å². The van der Waals surface area contributed by atoms with Crippen molar-refractivity contribution < 1.29 is 9.50 Å². The van der Waals surface area contributed by atoms with E-state index in [-0.39, 0.29) is 16.9 Å². The SMILES string of the molecule is CC(O)C1CCN(Cc2ccc(F)c(Cl)c2)C1. The van der Waals surface area contributed by atoms with Crippen LogP contribution in [-0.2, 0) is 6.54 Å². The van der Waals surface area contributed by atoms with Crippen LogP contribution in [0.1, 0.15) is 18.9 Å². The zero-order valence-electron chi connectivity index (χ0n) is 9.87. The van der Waals surface area contributed by atoms with Crippen molar-refractivity contribution in [1.29, 1.82) is 0 Å². The predicted octanol–water partition coefficient (Wildman–Crippen LogP) is 2.68. The summed E-state index contributed by atoms with van der Waals surface area (Å²) in [5, 5.41) is 9.69. The van der Waals surface area contributed by atoms with Gasteiger partial charge in [0.15, 0.2) is 0 Å². The Morgan fingerprint density at radius 1 is 1.59 bits per heavy atom. The van der Waals surface area contributed by atoms with E-state index in [0.717, 1.165) is 31.6 Å². The van der Waals surface area contributed by atoms with Gasteiger partial charge in [-0.1, -0.05) is 17.7 Å². The lowest BCUT2D eigenvalue weighted by Crippen LogP contribution is -2.23. The lowest BCUT2D eigenvalue weighted by molar-refractivity contribution is 0.127. The van der Waals surface area contributed by atoms with E-state index in [9.17, 15) is 9.50 Å². The summed E-state index contributed by atoms with van der Waals surface area (Å²) >= 11 is 5.74. The van der Waals surface area contributed by atoms with E-state index in [0.29, 0.717) is 5.92 Å². The van der Waals surface area contributed by atoms with Crippen molar-refractivity contribution in [1.82, 2.24) is 4.90 Å². The molecule has 94 valence electrons. The highest BCUT2D eigenvalue weighted by molar-refractivity contribution is 6.30. The molecule has 1 aromatic carbocycles. The summed E-state index contributed by atoms with van der Waals surface area (Å²) in [6, 6.07) is 4.84. The van der Waals surface area contributed by atoms with Gasteiger partial charge in [0.2, 0.25) is 0 Å². The second-order valence-electron chi connectivity index (χ2n) is 4.77. The summed E-state index contributed by atoms with van der Waals surface area (Å²) in [6.07, 6.45) is 0.767. The van der Waals surface area contributed by atoms with Crippen LogP contribution in [0.5, 0.6) is 0 Å². The first-order chi connectivity index (χ1) is 8.06. The summed E-state index contributed by atoms with van der Waals surface area (Å²) in [5.74, 6) is -0.0235. The van der Waals surface area contributed by atoms with E-state index in [1.807, 2.05) is 6.92 Å². The maximum Gasteiger partial charge on any atom is 0.141 e. The number of hydrogen-bond acceptors (Lipinski definition) is 2. The van der Waals surface area contributed by atoms with Crippen molar-refractivity contribution in [3.05, 3.63) is 34.6 Å². The molecule has 0 spiro atoms. The quantitative estimate of drug-likeness (QED) is 0.900. The standard InChI is InChI=1S/C13H17ClFNO/c1-9(17)11-4-5-16(8-11)7-10-2-3-13(15)12(14)6-10/h2-3,6,9,11,17H,4-5,7-8H2,1H3. The van der Waals surface area contributed by atoms with Crippen molar-refractivity contribution >= 4 is 11.6 Å². The van der Waals surface area contributed by atoms with E-state index in [1.165, 1.54) is 6.07 Å². The van der Waals surface area contributed by atoms with Crippen molar-refractivity contribution in [3.8, 4) is 0 Å². The molecule has 1 aliphatic rings. The van der Waals surface area contributed by atoms with E-state index >= 15 is 0 Å². The molecule has 2 unspecified atom stereocenters. The Kier molecular flexibility index (Phi) is 4.02. The zero-order chi connectivity index (χ0) is 12.4. The van der Waals surface area contributed by atoms with Crippen LogP contribution in [0.4, 0.5) is 4.39 Å². The topological polar surface area (TPSA) is 23.5 Å². The number of likely N-dealkylation sites (tertiary alicyclic amines) is 1. The van der Waals surface area contributed by atoms with Crippen molar-refractivity contribution in [3.63, 3.8) is 0 Å². The number of rotatable bonds is 3. The summed E-state index contributed by atoms with van der Waals surface area (Å²) in [7, 11) is 0. The number of nitrogens with zero attached hydrogens (tertiary/aromatic N) is 1. The number of aliphatic hydroxyl groups excluding tert-OH is 1. The van der Waals surface area contributed by atoms with Gasteiger partial charge in [-0.2, -0.15) is 0 Å². The fourth-order valence-electron chi connectivity index (χ4n) is 2.30. The van der Waals surface area contributed by atoms with Crippen molar-refractivity contribution in [2.24, 2.45) is 5.92 Å². The maximum atomic E-state index is 13.0. The van der Waals surface area contributed by atoms with Crippen LogP contribution >= 0.6 is 11.6 Å². The molecule has 0 saturated carbocycles. The first kappa shape index (κ1) is 12.8. The molecule has 0 aromatic heterocycles. The highest BCUT2D eigenvalue weighted by atomic mass is 35.5. The molecule has 1 saturated heterocycles. The van der Waals surface area contributed by atoms with Crippen LogP contribution < -0.4 is 0 Å². The molecule has 2 rings (SSSR count). The van der Waals surface area contributed by atoms with Gasteiger partial charge in [0, 0.05) is 13.1 Å². The fraction of sp³-hybridized carbons (Fsp3) is 0.538. The first-order valence-electron chi connectivity index (χ1n) is 5.90. The van der Waals surface area contributed by atoms with Crippen molar-refractivity contribution in [2.75, 3.05) is 13.1 Å². The van der Waals surface area contributed by atoms with Gasteiger partial charge in [0.1, 0.15) is 5.82 Å². The second kappa shape index (κ2) is 5.34. The Morgan fingerprint density at radius 3 is 2.94 bits per heavy atom. The molecule has 4 heteroatoms. The minimum Gasteiger partial charge on any atom is -0.393 e. The molecular formula is C13H17ClFNO. The van der Waals surface area contributed by atoms with Crippen LogP contribution in [-0.4, -0.2) is 29.2 Å². The van der Waals surface area contributed by atoms with Crippen LogP contribution in [0.25, 0.3) is 0 Å². The van der Waals surface area contributed by atoms with Gasteiger partial charge >= 0.3 is 0 Å². The summed E-state index contributed by atoms with van der Waals surface area (Å²) < 4.78 is 13.0. The third-order valence-electron chi connectivity index (χ3n) is 3.38. The average molecular weight is 258 g/mol. The Balaban J connectivity index is 1.96.